The summed E-state index contributed by atoms with van der Waals surface area (Å²) in [6, 6.07) is 6.25. The third-order valence-electron chi connectivity index (χ3n) is 14.5. The number of aliphatic hydroxyl groups is 4. The molecule has 1 aliphatic carbocycles. The molecule has 0 amide bonds. The second-order valence-corrected chi connectivity index (χ2v) is 18.1. The minimum absolute atomic E-state index is 0.0110. The third kappa shape index (κ3) is 8.23. The average molecular weight is 871 g/mol. The number of hydrogen-bond donors (Lipinski definition) is 5. The molecule has 5 heterocycles. The Morgan fingerprint density at radius 2 is 1.90 bits per heavy atom. The Kier molecular flexibility index (Phi) is 13.5. The molecule has 14 nitrogen and oxygen atoms in total. The zero-order chi connectivity index (χ0) is 44.6. The fourth-order valence-corrected chi connectivity index (χ4v) is 10.9. The number of carbonyl (C=O) groups is 3. The number of carbonyl (C=O) groups excluding carboxylic acids is 3. The highest BCUT2D eigenvalue weighted by Gasteiger charge is 2.50. The van der Waals surface area contributed by atoms with E-state index < -0.39 is 42.7 Å². The van der Waals surface area contributed by atoms with Gasteiger partial charge < -0.3 is 54.0 Å². The number of likely N-dealkylation sites (tertiary alicyclic amines) is 1. The summed E-state index contributed by atoms with van der Waals surface area (Å²) in [7, 11) is 1.71. The molecule has 2 fully saturated rings. The van der Waals surface area contributed by atoms with E-state index in [0.29, 0.717) is 48.0 Å². The van der Waals surface area contributed by atoms with Crippen molar-refractivity contribution >= 4 is 34.5 Å². The van der Waals surface area contributed by atoms with Crippen LogP contribution >= 0.6 is 0 Å². The average Bonchev–Trinajstić information content (AvgIpc) is 3.96. The van der Waals surface area contributed by atoms with Gasteiger partial charge in [0.1, 0.15) is 34.7 Å². The van der Waals surface area contributed by atoms with Crippen LogP contribution in [0.5, 0.6) is 17.2 Å². The molecule has 3 aromatic rings. The molecule has 2 bridgehead atoms. The number of aromatic nitrogens is 1. The molecule has 1 saturated heterocycles. The summed E-state index contributed by atoms with van der Waals surface area (Å²) in [5.74, 6) is -2.86. The Balaban J connectivity index is 1.31. The number of esters is 1. The minimum atomic E-state index is -1.33. The van der Waals surface area contributed by atoms with Crippen LogP contribution in [0.1, 0.15) is 99.5 Å². The maximum Gasteiger partial charge on any atom is 0.375 e. The van der Waals surface area contributed by atoms with Crippen molar-refractivity contribution in [2.24, 2.45) is 17.8 Å². The van der Waals surface area contributed by atoms with Crippen LogP contribution in [0.4, 0.5) is 0 Å². The molecule has 5 aliphatic rings. The van der Waals surface area contributed by atoms with Crippen molar-refractivity contribution in [2.75, 3.05) is 53.2 Å². The summed E-state index contributed by atoms with van der Waals surface area (Å²) in [4.78, 5) is 47.5. The maximum atomic E-state index is 14.5. The van der Waals surface area contributed by atoms with Gasteiger partial charge in [-0.2, -0.15) is 0 Å². The van der Waals surface area contributed by atoms with Gasteiger partial charge in [-0.3, -0.25) is 9.59 Å². The number of Topliss-reactive ketones (excluding diaryl/α,β-unsaturated/α-hetero) is 1. The van der Waals surface area contributed by atoms with Crippen molar-refractivity contribution in [2.45, 2.75) is 109 Å². The van der Waals surface area contributed by atoms with Crippen LogP contribution in [-0.4, -0.2) is 119 Å². The first kappa shape index (κ1) is 45.0. The SMILES string of the molecule is CCOC(=O)C1=C(C=O)C2=C3C[C@H](CO)C(=O)[C@H](C3)c3cc4cc[nH]c4cc3CC[C@@H](CO)COc3c4c(c(CO)c(c32)O1)O[C@H]([C@](C)(O)[C@@H]1CCN(CCCOC)[C@H](CC)C1)C4. The number of aromatic amines is 1. The van der Waals surface area contributed by atoms with Crippen molar-refractivity contribution in [1.29, 1.82) is 0 Å². The number of H-pyrrole nitrogens is 1. The van der Waals surface area contributed by atoms with Crippen LogP contribution in [0, 0.1) is 17.8 Å². The zero-order valence-electron chi connectivity index (χ0n) is 36.9. The van der Waals surface area contributed by atoms with Gasteiger partial charge in [0.15, 0.2) is 6.29 Å². The topological polar surface area (TPSA) is 197 Å². The molecule has 63 heavy (non-hydrogen) atoms. The number of nitrogens with one attached hydrogen (secondary N) is 1. The smallest absolute Gasteiger partial charge is 0.375 e. The Bertz CT molecular complexity index is 2290. The Morgan fingerprint density at radius 1 is 1.08 bits per heavy atom. The van der Waals surface area contributed by atoms with Gasteiger partial charge in [0.05, 0.1) is 43.1 Å². The summed E-state index contributed by atoms with van der Waals surface area (Å²) in [6.45, 7) is 6.83. The Morgan fingerprint density at radius 3 is 2.62 bits per heavy atom. The number of methoxy groups -OCH3 is 1. The van der Waals surface area contributed by atoms with E-state index in [1.807, 2.05) is 31.3 Å². The van der Waals surface area contributed by atoms with Gasteiger partial charge in [0.2, 0.25) is 5.76 Å². The van der Waals surface area contributed by atoms with Crippen molar-refractivity contribution in [3.05, 3.63) is 69.1 Å². The number of rotatable bonds is 13. The van der Waals surface area contributed by atoms with Gasteiger partial charge in [-0.05, 0) is 112 Å². The Hall–Kier alpha value is -4.57. The molecule has 0 radical (unpaired) electrons. The van der Waals surface area contributed by atoms with Gasteiger partial charge in [-0.25, -0.2) is 4.79 Å². The fourth-order valence-electron chi connectivity index (χ4n) is 10.9. The molecular formula is C49H62N2O12. The quantitative estimate of drug-likeness (QED) is 0.0866. The molecule has 7 atom stereocenters. The fraction of sp³-hybridized carbons (Fsp3) is 0.571. The molecule has 2 aromatic carbocycles. The predicted molar refractivity (Wildman–Crippen MR) is 233 cm³/mol. The first-order chi connectivity index (χ1) is 30.5. The summed E-state index contributed by atoms with van der Waals surface area (Å²) < 4.78 is 30.9. The van der Waals surface area contributed by atoms with Crippen LogP contribution < -0.4 is 14.2 Å². The molecule has 1 aromatic heterocycles. The van der Waals surface area contributed by atoms with Crippen LogP contribution in [0.3, 0.4) is 0 Å². The van der Waals surface area contributed by atoms with Gasteiger partial charge in [0.25, 0.3) is 0 Å². The number of aldehydes is 1. The summed E-state index contributed by atoms with van der Waals surface area (Å²) >= 11 is 0. The van der Waals surface area contributed by atoms with Crippen LogP contribution in [-0.2, 0) is 43.3 Å². The molecule has 0 unspecified atom stereocenters. The lowest BCUT2D eigenvalue weighted by Crippen LogP contribution is -2.54. The number of hydrogen-bond acceptors (Lipinski definition) is 13. The predicted octanol–water partition coefficient (Wildman–Crippen LogP) is 5.09. The second-order valence-electron chi connectivity index (χ2n) is 18.1. The van der Waals surface area contributed by atoms with E-state index in [2.05, 4.69) is 16.8 Å². The maximum absolute atomic E-state index is 14.5. The molecule has 8 rings (SSSR count). The van der Waals surface area contributed by atoms with Crippen LogP contribution in [0.15, 0.2) is 41.3 Å². The van der Waals surface area contributed by atoms with Gasteiger partial charge in [0, 0.05) is 79.9 Å². The van der Waals surface area contributed by atoms with Crippen LogP contribution in [0.25, 0.3) is 16.5 Å². The van der Waals surface area contributed by atoms with E-state index in [1.54, 1.807) is 14.0 Å². The number of allylic oxidation sites excluding steroid dienone is 3. The molecule has 0 spiro atoms. The molecule has 14 heteroatoms. The highest BCUT2D eigenvalue weighted by Crippen LogP contribution is 2.57. The lowest BCUT2D eigenvalue weighted by atomic mass is 9.70. The Labute approximate surface area is 368 Å². The second kappa shape index (κ2) is 18.9. The summed E-state index contributed by atoms with van der Waals surface area (Å²) in [5, 5.41) is 46.5. The van der Waals surface area contributed by atoms with Gasteiger partial charge in [-0.1, -0.05) is 12.5 Å². The minimum Gasteiger partial charge on any atom is -0.492 e. The normalized spacial score (nSPS) is 25.9. The highest BCUT2D eigenvalue weighted by molar-refractivity contribution is 6.11. The molecule has 5 N–H and O–H groups in total. The monoisotopic (exact) mass is 870 g/mol. The number of nitrogens with zero attached hydrogens (tertiary/aromatic N) is 1. The molecule has 4 aliphatic heterocycles. The standard InChI is InChI=1S/C49H62N2O12/c1-5-33-20-32(11-14-51(33)13-7-15-59-4)49(3,58)40-21-36-44(62-40)38(25-55)46-42-41(37(24-54)47(63-46)48(57)60-6-2)30-16-31(23-53)43(56)35(18-30)34-17-29-10-12-50-39(29)19-28(34)9-8-27(22-52)26-61-45(36)42/h10,12,17,19,24,27,31-33,35,40,50,52-53,55,58H,5-9,11,13-16,18,20-23,25-26H2,1-4H3/t27-,31+,32+,33+,35+,40-,49+/m0/s1. The van der Waals surface area contributed by atoms with Crippen molar-refractivity contribution < 1.29 is 58.5 Å². The number of fused-ring (bicyclic) bond motifs is 7. The van der Waals surface area contributed by atoms with E-state index in [9.17, 15) is 34.8 Å². The first-order valence-corrected chi connectivity index (χ1v) is 22.7. The number of piperidine rings is 1. The highest BCUT2D eigenvalue weighted by atomic mass is 16.6. The molecule has 340 valence electrons. The first-order valence-electron chi connectivity index (χ1n) is 22.7. The number of aryl methyl sites for hydroxylation is 1. The lowest BCUT2D eigenvalue weighted by Gasteiger charge is -2.46. The lowest BCUT2D eigenvalue weighted by molar-refractivity contribution is -0.141. The number of ether oxygens (including phenoxy) is 5. The number of ketones is 1. The summed E-state index contributed by atoms with van der Waals surface area (Å²) in [6.07, 6.45) is 6.43. The number of benzene rings is 2. The van der Waals surface area contributed by atoms with Gasteiger partial charge in [-0.15, -0.1) is 0 Å². The van der Waals surface area contributed by atoms with Crippen molar-refractivity contribution in [1.82, 2.24) is 9.88 Å². The van der Waals surface area contributed by atoms with E-state index in [-0.39, 0.29) is 96.9 Å². The molecular weight excluding hydrogens is 809 g/mol. The third-order valence-corrected chi connectivity index (χ3v) is 14.5. The summed E-state index contributed by atoms with van der Waals surface area (Å²) in [5.41, 5.74) is 3.20. The van der Waals surface area contributed by atoms with Crippen molar-refractivity contribution in [3.63, 3.8) is 0 Å². The zero-order valence-corrected chi connectivity index (χ0v) is 36.9. The van der Waals surface area contributed by atoms with Crippen LogP contribution in [0.2, 0.25) is 0 Å². The van der Waals surface area contributed by atoms with E-state index >= 15 is 0 Å². The molecule has 1 saturated carbocycles. The van der Waals surface area contributed by atoms with Gasteiger partial charge >= 0.3 is 5.97 Å². The van der Waals surface area contributed by atoms with Crippen molar-refractivity contribution in [3.8, 4) is 17.2 Å². The largest absolute Gasteiger partial charge is 0.492 e. The van der Waals surface area contributed by atoms with E-state index in [0.717, 1.165) is 60.8 Å². The van der Waals surface area contributed by atoms with E-state index in [4.69, 9.17) is 23.7 Å². The number of aliphatic hydroxyl groups excluding tert-OH is 3. The van der Waals surface area contributed by atoms with E-state index in [1.165, 1.54) is 0 Å².